The number of hydrogen-bond acceptors (Lipinski definition) is 6. The van der Waals surface area contributed by atoms with Crippen molar-refractivity contribution in [1.29, 1.82) is 0 Å². The van der Waals surface area contributed by atoms with Gasteiger partial charge in [0.15, 0.2) is 0 Å². The zero-order valence-electron chi connectivity index (χ0n) is 9.08. The lowest BCUT2D eigenvalue weighted by Gasteiger charge is -2.01. The van der Waals surface area contributed by atoms with Crippen LogP contribution < -0.4 is 4.72 Å². The lowest BCUT2D eigenvalue weighted by atomic mass is 10.3. The number of aryl methyl sites for hydroxylation is 1. The molecule has 96 valence electrons. The Bertz CT molecular complexity index is 672. The molecule has 0 aliphatic rings. The summed E-state index contributed by atoms with van der Waals surface area (Å²) in [6.07, 6.45) is 2.34. The van der Waals surface area contributed by atoms with Crippen molar-refractivity contribution in [3.63, 3.8) is 0 Å². The molecule has 0 aliphatic carbocycles. The third kappa shape index (κ3) is 2.36. The van der Waals surface area contributed by atoms with Gasteiger partial charge in [-0.2, -0.15) is 0 Å². The molecular weight excluding hydrogens is 280 g/mol. The van der Waals surface area contributed by atoms with Crippen LogP contribution in [0.5, 0.6) is 0 Å². The fourth-order valence-corrected chi connectivity index (χ4v) is 3.66. The summed E-state index contributed by atoms with van der Waals surface area (Å²) in [6, 6.07) is 1.31. The Kier molecular flexibility index (Phi) is 3.09. The molecule has 0 saturated carbocycles. The summed E-state index contributed by atoms with van der Waals surface area (Å²) >= 11 is 0.695. The topological polar surface area (TPSA) is 110 Å². The molecule has 7 nitrogen and oxygen atoms in total. The second kappa shape index (κ2) is 4.42. The van der Waals surface area contributed by atoms with Crippen LogP contribution in [0.4, 0.5) is 5.69 Å². The fraction of sp³-hybridized carbons (Fsp3) is 0.111. The molecule has 0 atom stereocenters. The summed E-state index contributed by atoms with van der Waals surface area (Å²) in [5.74, 6) is -1.15. The highest BCUT2D eigenvalue weighted by atomic mass is 32.2. The molecule has 0 spiro atoms. The van der Waals surface area contributed by atoms with Gasteiger partial charge < -0.3 is 9.63 Å². The number of thiophene rings is 1. The molecule has 9 heteroatoms. The van der Waals surface area contributed by atoms with Crippen molar-refractivity contribution in [1.82, 2.24) is 5.16 Å². The van der Waals surface area contributed by atoms with Gasteiger partial charge in [0.1, 0.15) is 21.0 Å². The van der Waals surface area contributed by atoms with Gasteiger partial charge in [-0.05, 0) is 18.6 Å². The van der Waals surface area contributed by atoms with Crippen molar-refractivity contribution in [3.05, 3.63) is 29.0 Å². The van der Waals surface area contributed by atoms with E-state index in [1.54, 1.807) is 6.92 Å². The van der Waals surface area contributed by atoms with E-state index < -0.39 is 16.0 Å². The Balaban J connectivity index is 2.36. The first-order chi connectivity index (χ1) is 8.40. The van der Waals surface area contributed by atoms with Gasteiger partial charge in [-0.1, -0.05) is 5.16 Å². The second-order valence-electron chi connectivity index (χ2n) is 3.40. The Morgan fingerprint density at radius 3 is 2.78 bits per heavy atom. The highest BCUT2D eigenvalue weighted by Gasteiger charge is 2.22. The molecule has 0 fully saturated rings. The number of aromatic nitrogens is 1. The third-order valence-corrected chi connectivity index (χ3v) is 5.12. The Hall–Kier alpha value is -1.87. The van der Waals surface area contributed by atoms with E-state index in [2.05, 4.69) is 14.4 Å². The number of sulfonamides is 1. The maximum atomic E-state index is 11.9. The molecule has 2 aromatic heterocycles. The van der Waals surface area contributed by atoms with Gasteiger partial charge >= 0.3 is 5.97 Å². The van der Waals surface area contributed by atoms with Crippen LogP contribution in [0.2, 0.25) is 0 Å². The maximum absolute atomic E-state index is 11.9. The first-order valence-corrected chi connectivity index (χ1v) is 6.96. The van der Waals surface area contributed by atoms with Gasteiger partial charge in [-0.15, -0.1) is 11.3 Å². The number of carboxylic acid groups (broad SMARTS) is 1. The smallest absolute Gasteiger partial charge is 0.346 e. The predicted octanol–water partition coefficient (Wildman–Crippen LogP) is 1.54. The van der Waals surface area contributed by atoms with E-state index in [-0.39, 0.29) is 14.8 Å². The molecule has 2 N–H and O–H groups in total. The van der Waals surface area contributed by atoms with Crippen molar-refractivity contribution in [2.75, 3.05) is 4.72 Å². The van der Waals surface area contributed by atoms with Crippen molar-refractivity contribution in [2.24, 2.45) is 0 Å². The zero-order chi connectivity index (χ0) is 13.3. The molecule has 0 radical (unpaired) electrons. The summed E-state index contributed by atoms with van der Waals surface area (Å²) < 4.78 is 30.5. The van der Waals surface area contributed by atoms with E-state index in [0.29, 0.717) is 16.9 Å². The van der Waals surface area contributed by atoms with Crippen LogP contribution in [-0.4, -0.2) is 24.7 Å². The van der Waals surface area contributed by atoms with E-state index in [1.807, 2.05) is 0 Å². The summed E-state index contributed by atoms with van der Waals surface area (Å²) in [6.45, 7) is 1.54. The Morgan fingerprint density at radius 1 is 1.56 bits per heavy atom. The number of carboxylic acids is 1. The molecule has 18 heavy (non-hydrogen) atoms. The van der Waals surface area contributed by atoms with Gasteiger partial charge in [-0.25, -0.2) is 13.2 Å². The van der Waals surface area contributed by atoms with E-state index in [0.717, 1.165) is 6.26 Å². The number of nitrogens with one attached hydrogen (secondary N) is 1. The minimum atomic E-state index is -3.81. The van der Waals surface area contributed by atoms with Gasteiger partial charge in [-0.3, -0.25) is 4.72 Å². The van der Waals surface area contributed by atoms with Crippen molar-refractivity contribution >= 4 is 33.0 Å². The minimum absolute atomic E-state index is 0.000642. The highest BCUT2D eigenvalue weighted by Crippen LogP contribution is 2.27. The minimum Gasteiger partial charge on any atom is -0.477 e. The lowest BCUT2D eigenvalue weighted by Crippen LogP contribution is -2.10. The average molecular weight is 288 g/mol. The van der Waals surface area contributed by atoms with Crippen molar-refractivity contribution < 1.29 is 22.8 Å². The molecule has 0 aliphatic heterocycles. The normalized spacial score (nSPS) is 11.4. The summed E-state index contributed by atoms with van der Waals surface area (Å²) in [5, 5.41) is 12.2. The van der Waals surface area contributed by atoms with Crippen LogP contribution in [0, 0.1) is 6.92 Å². The third-order valence-electron chi connectivity index (χ3n) is 2.04. The van der Waals surface area contributed by atoms with Crippen LogP contribution >= 0.6 is 11.3 Å². The van der Waals surface area contributed by atoms with Gasteiger partial charge in [0.05, 0.1) is 6.20 Å². The number of aromatic carboxylic acids is 1. The van der Waals surface area contributed by atoms with Crippen LogP contribution in [0.15, 0.2) is 27.3 Å². The lowest BCUT2D eigenvalue weighted by molar-refractivity contribution is 0.0701. The maximum Gasteiger partial charge on any atom is 0.346 e. The van der Waals surface area contributed by atoms with Crippen LogP contribution in [-0.2, 0) is 10.0 Å². The molecule has 2 heterocycles. The molecule has 0 unspecified atom stereocenters. The number of rotatable bonds is 4. The molecule has 2 rings (SSSR count). The average Bonchev–Trinajstić information content (AvgIpc) is 2.86. The quantitative estimate of drug-likeness (QED) is 0.883. The zero-order valence-corrected chi connectivity index (χ0v) is 10.7. The van der Waals surface area contributed by atoms with E-state index in [9.17, 15) is 13.2 Å². The van der Waals surface area contributed by atoms with E-state index in [4.69, 9.17) is 5.11 Å². The second-order valence-corrected chi connectivity index (χ2v) is 6.36. The molecule has 0 amide bonds. The molecule has 0 bridgehead atoms. The SMILES string of the molecule is Cc1cc(S(=O)(=O)Nc2cnoc2)sc1C(=O)O. The standard InChI is InChI=1S/C9H8N2O5S2/c1-5-2-7(17-8(5)9(12)13)18(14,15)11-6-3-10-16-4-6/h2-4,11H,1H3,(H,12,13). The molecular formula is C9H8N2O5S2. The molecule has 0 aromatic carbocycles. The number of carbonyl (C=O) groups is 1. The van der Waals surface area contributed by atoms with Gasteiger partial charge in [0.25, 0.3) is 10.0 Å². The van der Waals surface area contributed by atoms with Crippen molar-refractivity contribution in [2.45, 2.75) is 11.1 Å². The van der Waals surface area contributed by atoms with Gasteiger partial charge in [0.2, 0.25) is 0 Å². The largest absolute Gasteiger partial charge is 0.477 e. The highest BCUT2D eigenvalue weighted by molar-refractivity contribution is 7.94. The number of anilines is 1. The van der Waals surface area contributed by atoms with E-state index in [1.165, 1.54) is 12.3 Å². The summed E-state index contributed by atoms with van der Waals surface area (Å²) in [7, 11) is -3.81. The first kappa shape index (κ1) is 12.6. The number of hydrogen-bond donors (Lipinski definition) is 2. The molecule has 2 aromatic rings. The fourth-order valence-electron chi connectivity index (χ4n) is 1.26. The van der Waals surface area contributed by atoms with Crippen LogP contribution in [0.25, 0.3) is 0 Å². The first-order valence-electron chi connectivity index (χ1n) is 4.66. The monoisotopic (exact) mass is 288 g/mol. The summed E-state index contributed by atoms with van der Waals surface area (Å²) in [5.41, 5.74) is 0.580. The van der Waals surface area contributed by atoms with Gasteiger partial charge in [0, 0.05) is 0 Å². The van der Waals surface area contributed by atoms with E-state index >= 15 is 0 Å². The summed E-state index contributed by atoms with van der Waals surface area (Å²) in [4.78, 5) is 10.8. The number of nitrogens with zero attached hydrogens (tertiary/aromatic N) is 1. The predicted molar refractivity (Wildman–Crippen MR) is 63.3 cm³/mol. The van der Waals surface area contributed by atoms with Crippen LogP contribution in [0.3, 0.4) is 0 Å². The van der Waals surface area contributed by atoms with Crippen molar-refractivity contribution in [3.8, 4) is 0 Å². The Labute approximate surface area is 106 Å². The van der Waals surface area contributed by atoms with Crippen LogP contribution in [0.1, 0.15) is 15.2 Å². The molecule has 0 saturated heterocycles. The Morgan fingerprint density at radius 2 is 2.28 bits per heavy atom.